The van der Waals surface area contributed by atoms with Gasteiger partial charge in [0, 0.05) is 12.0 Å². The first-order valence-corrected chi connectivity index (χ1v) is 6.39. The molecule has 0 radical (unpaired) electrons. The molecule has 6 nitrogen and oxygen atoms in total. The van der Waals surface area contributed by atoms with E-state index in [-0.39, 0.29) is 11.8 Å². The van der Waals surface area contributed by atoms with Crippen LogP contribution in [0.15, 0.2) is 18.2 Å². The highest BCUT2D eigenvalue weighted by molar-refractivity contribution is 5.45. The zero-order valence-electron chi connectivity index (χ0n) is 11.9. The Kier molecular flexibility index (Phi) is 4.24. The van der Waals surface area contributed by atoms with E-state index in [2.05, 4.69) is 16.0 Å². The van der Waals surface area contributed by atoms with Gasteiger partial charge in [-0.25, -0.2) is 4.98 Å². The minimum atomic E-state index is -0.132. The summed E-state index contributed by atoms with van der Waals surface area (Å²) in [6.45, 7) is 1.76. The first-order chi connectivity index (χ1) is 10.0. The van der Waals surface area contributed by atoms with E-state index in [0.717, 1.165) is 11.1 Å². The average molecular weight is 284 g/mol. The third-order valence-corrected chi connectivity index (χ3v) is 3.20. The topological polar surface area (TPSA) is 105 Å². The molecule has 1 aromatic heterocycles. The lowest BCUT2D eigenvalue weighted by Crippen LogP contribution is -2.04. The number of anilines is 1. The Morgan fingerprint density at radius 3 is 2.76 bits per heavy atom. The number of aryl methyl sites for hydroxylation is 1. The monoisotopic (exact) mass is 284 g/mol. The fourth-order valence-corrected chi connectivity index (χ4v) is 2.17. The second-order valence-electron chi connectivity index (χ2n) is 4.63. The van der Waals surface area contributed by atoms with Crippen molar-refractivity contribution in [2.75, 3.05) is 12.8 Å². The molecule has 108 valence electrons. The SMILES string of the molecule is COc1ccc(CC#N)cc1Cc1c(C)nc(N)nc1O. The van der Waals surface area contributed by atoms with Crippen LogP contribution in [0.3, 0.4) is 0 Å². The molecule has 6 heteroatoms. The summed E-state index contributed by atoms with van der Waals surface area (Å²) in [4.78, 5) is 7.83. The molecule has 0 aliphatic heterocycles. The Hall–Kier alpha value is -2.81. The highest BCUT2D eigenvalue weighted by Gasteiger charge is 2.13. The molecule has 0 unspecified atom stereocenters. The summed E-state index contributed by atoms with van der Waals surface area (Å²) in [5.41, 5.74) is 8.46. The van der Waals surface area contributed by atoms with Crippen molar-refractivity contribution in [3.8, 4) is 17.7 Å². The van der Waals surface area contributed by atoms with Crippen LogP contribution in [-0.4, -0.2) is 22.2 Å². The van der Waals surface area contributed by atoms with Gasteiger partial charge < -0.3 is 15.6 Å². The Morgan fingerprint density at radius 1 is 1.38 bits per heavy atom. The van der Waals surface area contributed by atoms with Crippen molar-refractivity contribution in [3.63, 3.8) is 0 Å². The van der Waals surface area contributed by atoms with Crippen LogP contribution >= 0.6 is 0 Å². The molecule has 21 heavy (non-hydrogen) atoms. The van der Waals surface area contributed by atoms with Crippen molar-refractivity contribution in [1.29, 1.82) is 5.26 Å². The molecular weight excluding hydrogens is 268 g/mol. The van der Waals surface area contributed by atoms with Gasteiger partial charge in [-0.3, -0.25) is 0 Å². The van der Waals surface area contributed by atoms with Crippen molar-refractivity contribution in [2.24, 2.45) is 0 Å². The van der Waals surface area contributed by atoms with Crippen molar-refractivity contribution in [2.45, 2.75) is 19.8 Å². The van der Waals surface area contributed by atoms with Crippen LogP contribution in [0.5, 0.6) is 11.6 Å². The third kappa shape index (κ3) is 3.20. The Morgan fingerprint density at radius 2 is 2.14 bits per heavy atom. The number of benzene rings is 1. The Labute approximate surface area is 122 Å². The molecule has 0 saturated heterocycles. The molecule has 0 aliphatic rings. The Balaban J connectivity index is 2.43. The third-order valence-electron chi connectivity index (χ3n) is 3.20. The van der Waals surface area contributed by atoms with Gasteiger partial charge in [0.15, 0.2) is 0 Å². The van der Waals surface area contributed by atoms with Crippen molar-refractivity contribution in [1.82, 2.24) is 9.97 Å². The van der Waals surface area contributed by atoms with Crippen LogP contribution in [0.2, 0.25) is 0 Å². The van der Waals surface area contributed by atoms with Crippen LogP contribution in [0.4, 0.5) is 5.95 Å². The number of methoxy groups -OCH3 is 1. The van der Waals surface area contributed by atoms with E-state index in [0.29, 0.717) is 29.8 Å². The predicted octanol–water partition coefficient (Wildman–Crippen LogP) is 1.74. The smallest absolute Gasteiger partial charge is 0.223 e. The minimum absolute atomic E-state index is 0.0407. The lowest BCUT2D eigenvalue weighted by Gasteiger charge is -2.12. The Bertz CT molecular complexity index is 684. The number of rotatable bonds is 4. The predicted molar refractivity (Wildman–Crippen MR) is 78.0 cm³/mol. The first kappa shape index (κ1) is 14.6. The molecular formula is C15H16N4O2. The average Bonchev–Trinajstić information content (AvgIpc) is 2.43. The maximum Gasteiger partial charge on any atom is 0.223 e. The van der Waals surface area contributed by atoms with E-state index in [1.165, 1.54) is 0 Å². The number of nitrogens with zero attached hydrogens (tertiary/aromatic N) is 3. The number of nitriles is 1. The molecule has 0 saturated carbocycles. The van der Waals surface area contributed by atoms with Gasteiger partial charge in [0.05, 0.1) is 25.3 Å². The lowest BCUT2D eigenvalue weighted by atomic mass is 10.0. The van der Waals surface area contributed by atoms with Crippen molar-refractivity contribution in [3.05, 3.63) is 40.6 Å². The number of hydrogen-bond donors (Lipinski definition) is 2. The van der Waals surface area contributed by atoms with Crippen LogP contribution in [-0.2, 0) is 12.8 Å². The normalized spacial score (nSPS) is 10.1. The van der Waals surface area contributed by atoms with E-state index in [1.54, 1.807) is 14.0 Å². The maximum atomic E-state index is 9.95. The molecule has 0 aliphatic carbocycles. The lowest BCUT2D eigenvalue weighted by molar-refractivity contribution is 0.409. The standard InChI is InChI=1S/C15H16N4O2/c1-9-12(14(20)19-15(17)18-9)8-11-7-10(5-6-16)3-4-13(11)21-2/h3-4,7H,5,8H2,1-2H3,(H3,17,18,19,20). The summed E-state index contributed by atoms with van der Waals surface area (Å²) in [5, 5.41) is 18.7. The van der Waals surface area contributed by atoms with E-state index in [9.17, 15) is 5.11 Å². The fraction of sp³-hybridized carbons (Fsp3) is 0.267. The summed E-state index contributed by atoms with van der Waals surface area (Å²) in [5.74, 6) is 0.596. The first-order valence-electron chi connectivity index (χ1n) is 6.39. The maximum absolute atomic E-state index is 9.95. The highest BCUT2D eigenvalue weighted by atomic mass is 16.5. The second-order valence-corrected chi connectivity index (χ2v) is 4.63. The van der Waals surface area contributed by atoms with E-state index in [4.69, 9.17) is 15.7 Å². The zero-order valence-corrected chi connectivity index (χ0v) is 11.9. The van der Waals surface area contributed by atoms with Gasteiger partial charge >= 0.3 is 0 Å². The number of aromatic nitrogens is 2. The summed E-state index contributed by atoms with van der Waals surface area (Å²) in [7, 11) is 1.58. The molecule has 3 N–H and O–H groups in total. The van der Waals surface area contributed by atoms with Crippen LogP contribution in [0.25, 0.3) is 0 Å². The highest BCUT2D eigenvalue weighted by Crippen LogP contribution is 2.27. The largest absolute Gasteiger partial charge is 0.496 e. The van der Waals surface area contributed by atoms with Crippen molar-refractivity contribution < 1.29 is 9.84 Å². The van der Waals surface area contributed by atoms with E-state index >= 15 is 0 Å². The molecule has 0 spiro atoms. The summed E-state index contributed by atoms with van der Waals surface area (Å²) in [6.07, 6.45) is 0.723. The van der Waals surface area contributed by atoms with Gasteiger partial charge in [-0.05, 0) is 24.1 Å². The van der Waals surface area contributed by atoms with Gasteiger partial charge in [0.1, 0.15) is 5.75 Å². The summed E-state index contributed by atoms with van der Waals surface area (Å²) >= 11 is 0. The molecule has 0 fully saturated rings. The quantitative estimate of drug-likeness (QED) is 0.886. The molecule has 0 atom stereocenters. The molecule has 0 bridgehead atoms. The number of nitrogen functional groups attached to an aromatic ring is 1. The van der Waals surface area contributed by atoms with Crippen molar-refractivity contribution >= 4 is 5.95 Å². The van der Waals surface area contributed by atoms with Crippen LogP contribution in [0.1, 0.15) is 22.4 Å². The molecule has 2 aromatic rings. The zero-order chi connectivity index (χ0) is 15.4. The van der Waals surface area contributed by atoms with Gasteiger partial charge in [0.25, 0.3) is 0 Å². The number of hydrogen-bond acceptors (Lipinski definition) is 6. The summed E-state index contributed by atoms with van der Waals surface area (Å²) < 4.78 is 5.32. The number of aromatic hydroxyl groups is 1. The van der Waals surface area contributed by atoms with Crippen LogP contribution in [0, 0.1) is 18.3 Å². The van der Waals surface area contributed by atoms with Gasteiger partial charge in [-0.1, -0.05) is 12.1 Å². The molecule has 0 amide bonds. The van der Waals surface area contributed by atoms with Gasteiger partial charge in [-0.15, -0.1) is 0 Å². The molecule has 2 rings (SSSR count). The fourth-order valence-electron chi connectivity index (χ4n) is 2.17. The van der Waals surface area contributed by atoms with E-state index in [1.807, 2.05) is 18.2 Å². The van der Waals surface area contributed by atoms with Gasteiger partial charge in [0.2, 0.25) is 11.8 Å². The van der Waals surface area contributed by atoms with Crippen LogP contribution < -0.4 is 10.5 Å². The summed E-state index contributed by atoms with van der Waals surface area (Å²) in [6, 6.07) is 7.65. The number of ether oxygens (including phenoxy) is 1. The molecule has 1 heterocycles. The number of nitrogens with two attached hydrogens (primary N) is 1. The molecule has 1 aromatic carbocycles. The second kappa shape index (κ2) is 6.09. The minimum Gasteiger partial charge on any atom is -0.496 e. The van der Waals surface area contributed by atoms with Gasteiger partial charge in [-0.2, -0.15) is 10.2 Å². The van der Waals surface area contributed by atoms with E-state index < -0.39 is 0 Å².